The van der Waals surface area contributed by atoms with Gasteiger partial charge in [-0.15, -0.1) is 0 Å². The van der Waals surface area contributed by atoms with Crippen LogP contribution >= 0.6 is 11.6 Å². The lowest BCUT2D eigenvalue weighted by atomic mass is 10.1. The first kappa shape index (κ1) is 21.8. The van der Waals surface area contributed by atoms with Crippen LogP contribution in [0.2, 0.25) is 5.02 Å². The molecular weight excluding hydrogens is 360 g/mol. The van der Waals surface area contributed by atoms with Crippen LogP contribution in [0, 0.1) is 0 Å². The summed E-state index contributed by atoms with van der Waals surface area (Å²) in [5, 5.41) is 5.68. The Morgan fingerprint density at radius 3 is 2.46 bits per heavy atom. The Morgan fingerprint density at radius 2 is 1.85 bits per heavy atom. The number of hydrogen-bond acceptors (Lipinski definition) is 5. The van der Waals surface area contributed by atoms with Crippen molar-refractivity contribution in [3.63, 3.8) is 0 Å². The fourth-order valence-electron chi connectivity index (χ4n) is 2.03. The van der Waals surface area contributed by atoms with Crippen molar-refractivity contribution < 1.29 is 23.9 Å². The van der Waals surface area contributed by atoms with E-state index in [0.29, 0.717) is 30.1 Å². The zero-order chi connectivity index (χ0) is 19.7. The lowest BCUT2D eigenvalue weighted by Gasteiger charge is -2.19. The summed E-state index contributed by atoms with van der Waals surface area (Å²) in [5.74, 6) is -0.820. The van der Waals surface area contributed by atoms with Gasteiger partial charge in [0, 0.05) is 18.0 Å². The summed E-state index contributed by atoms with van der Waals surface area (Å²) < 4.78 is 9.80. The van der Waals surface area contributed by atoms with Crippen molar-refractivity contribution in [1.82, 2.24) is 5.32 Å². The molecule has 0 bridgehead atoms. The lowest BCUT2D eigenvalue weighted by molar-refractivity contribution is -0.116. The first-order valence-corrected chi connectivity index (χ1v) is 8.65. The molecule has 0 saturated heterocycles. The van der Waals surface area contributed by atoms with Gasteiger partial charge in [0.25, 0.3) is 0 Å². The molecule has 2 amide bonds. The molecule has 0 atom stereocenters. The van der Waals surface area contributed by atoms with Gasteiger partial charge < -0.3 is 20.1 Å². The molecule has 0 heterocycles. The molecular formula is C18H25ClN2O5. The number of hydrogen-bond donors (Lipinski definition) is 2. The molecule has 1 rings (SSSR count). The Balaban J connectivity index is 2.40. The Labute approximate surface area is 158 Å². The SMILES string of the molecule is COC(=O)c1cc(Cl)ccc1NC(=O)CCCCNC(=O)OC(C)(C)C. The molecule has 2 N–H and O–H groups in total. The fourth-order valence-corrected chi connectivity index (χ4v) is 2.20. The highest BCUT2D eigenvalue weighted by atomic mass is 35.5. The van der Waals surface area contributed by atoms with E-state index in [0.717, 1.165) is 0 Å². The average molecular weight is 385 g/mol. The monoisotopic (exact) mass is 384 g/mol. The first-order valence-electron chi connectivity index (χ1n) is 8.27. The number of halogens is 1. The van der Waals surface area contributed by atoms with Crippen molar-refractivity contribution in [2.24, 2.45) is 0 Å². The van der Waals surface area contributed by atoms with Gasteiger partial charge in [0.05, 0.1) is 18.4 Å². The summed E-state index contributed by atoms with van der Waals surface area (Å²) in [6.07, 6.45) is 0.963. The molecule has 0 aliphatic heterocycles. The van der Waals surface area contributed by atoms with Gasteiger partial charge >= 0.3 is 12.1 Å². The van der Waals surface area contributed by atoms with Gasteiger partial charge in [-0.3, -0.25) is 4.79 Å². The molecule has 0 radical (unpaired) electrons. The second kappa shape index (κ2) is 10.0. The molecule has 0 fully saturated rings. The van der Waals surface area contributed by atoms with Gasteiger partial charge in [0.2, 0.25) is 5.91 Å². The summed E-state index contributed by atoms with van der Waals surface area (Å²) in [5.41, 5.74) is -0.00189. The average Bonchev–Trinajstić information content (AvgIpc) is 2.53. The summed E-state index contributed by atoms with van der Waals surface area (Å²) in [6, 6.07) is 4.57. The minimum Gasteiger partial charge on any atom is -0.465 e. The fraction of sp³-hybridized carbons (Fsp3) is 0.500. The van der Waals surface area contributed by atoms with Crippen LogP contribution in [-0.2, 0) is 14.3 Å². The van der Waals surface area contributed by atoms with E-state index in [1.807, 2.05) is 0 Å². The van der Waals surface area contributed by atoms with Gasteiger partial charge in [-0.1, -0.05) is 11.6 Å². The van der Waals surface area contributed by atoms with Crippen LogP contribution in [0.4, 0.5) is 10.5 Å². The Kier molecular flexibility index (Phi) is 8.38. The van der Waals surface area contributed by atoms with E-state index in [2.05, 4.69) is 15.4 Å². The topological polar surface area (TPSA) is 93.7 Å². The van der Waals surface area contributed by atoms with Gasteiger partial charge in [-0.05, 0) is 51.8 Å². The molecule has 0 aliphatic carbocycles. The Morgan fingerprint density at radius 1 is 1.15 bits per heavy atom. The number of esters is 1. The summed E-state index contributed by atoms with van der Waals surface area (Å²) in [4.78, 5) is 35.3. The number of rotatable bonds is 7. The highest BCUT2D eigenvalue weighted by molar-refractivity contribution is 6.31. The smallest absolute Gasteiger partial charge is 0.407 e. The van der Waals surface area contributed by atoms with E-state index >= 15 is 0 Å². The number of benzene rings is 1. The molecule has 0 unspecified atom stereocenters. The van der Waals surface area contributed by atoms with Gasteiger partial charge in [0.1, 0.15) is 5.60 Å². The number of amides is 2. The van der Waals surface area contributed by atoms with Gasteiger partial charge in [0.15, 0.2) is 0 Å². The van der Waals surface area contributed by atoms with Crippen molar-refractivity contribution >= 4 is 35.3 Å². The zero-order valence-electron chi connectivity index (χ0n) is 15.5. The number of methoxy groups -OCH3 is 1. The minimum absolute atomic E-state index is 0.194. The third-order valence-electron chi connectivity index (χ3n) is 3.16. The lowest BCUT2D eigenvalue weighted by Crippen LogP contribution is -2.33. The predicted molar refractivity (Wildman–Crippen MR) is 99.5 cm³/mol. The van der Waals surface area contributed by atoms with Gasteiger partial charge in [-0.2, -0.15) is 0 Å². The van der Waals surface area contributed by atoms with Gasteiger partial charge in [-0.25, -0.2) is 9.59 Å². The van der Waals surface area contributed by atoms with Crippen LogP contribution in [0.5, 0.6) is 0 Å². The molecule has 0 aliphatic rings. The van der Waals surface area contributed by atoms with Crippen molar-refractivity contribution in [1.29, 1.82) is 0 Å². The number of unbranched alkanes of at least 4 members (excludes halogenated alkanes) is 1. The maximum Gasteiger partial charge on any atom is 0.407 e. The van der Waals surface area contributed by atoms with Crippen LogP contribution in [0.1, 0.15) is 50.4 Å². The molecule has 0 saturated carbocycles. The quantitative estimate of drug-likeness (QED) is 0.551. The number of carbonyl (C=O) groups excluding carboxylic acids is 3. The third kappa shape index (κ3) is 8.20. The van der Waals surface area contributed by atoms with E-state index in [9.17, 15) is 14.4 Å². The van der Waals surface area contributed by atoms with Crippen LogP contribution in [0.3, 0.4) is 0 Å². The molecule has 26 heavy (non-hydrogen) atoms. The Hall–Kier alpha value is -2.28. The van der Waals surface area contributed by atoms with E-state index in [1.54, 1.807) is 32.9 Å². The highest BCUT2D eigenvalue weighted by Gasteiger charge is 2.16. The molecule has 1 aromatic rings. The maximum absolute atomic E-state index is 12.0. The molecule has 7 nitrogen and oxygen atoms in total. The van der Waals surface area contributed by atoms with Crippen LogP contribution in [-0.4, -0.2) is 37.2 Å². The maximum atomic E-state index is 12.0. The van der Waals surface area contributed by atoms with Crippen molar-refractivity contribution in [3.8, 4) is 0 Å². The summed E-state index contributed by atoms with van der Waals surface area (Å²) >= 11 is 5.87. The summed E-state index contributed by atoms with van der Waals surface area (Å²) in [7, 11) is 1.26. The van der Waals surface area contributed by atoms with E-state index in [4.69, 9.17) is 16.3 Å². The standard InChI is InChI=1S/C18H25ClN2O5/c1-18(2,3)26-17(24)20-10-6-5-7-15(22)21-14-9-8-12(19)11-13(14)16(23)25-4/h8-9,11H,5-7,10H2,1-4H3,(H,20,24)(H,21,22). The zero-order valence-corrected chi connectivity index (χ0v) is 16.2. The first-order chi connectivity index (χ1) is 12.1. The second-order valence-corrected chi connectivity index (χ2v) is 7.05. The minimum atomic E-state index is -0.579. The molecule has 144 valence electrons. The summed E-state index contributed by atoms with van der Waals surface area (Å²) in [6.45, 7) is 5.78. The molecule has 0 spiro atoms. The molecule has 0 aromatic heterocycles. The van der Waals surface area contributed by atoms with Crippen molar-refractivity contribution in [2.45, 2.75) is 45.6 Å². The van der Waals surface area contributed by atoms with Crippen LogP contribution in [0.25, 0.3) is 0 Å². The van der Waals surface area contributed by atoms with Crippen molar-refractivity contribution in [3.05, 3.63) is 28.8 Å². The molecule has 8 heteroatoms. The Bertz CT molecular complexity index is 655. The van der Waals surface area contributed by atoms with Crippen molar-refractivity contribution in [2.75, 3.05) is 19.0 Å². The van der Waals surface area contributed by atoms with Crippen LogP contribution < -0.4 is 10.6 Å². The number of anilines is 1. The normalized spacial score (nSPS) is 10.8. The third-order valence-corrected chi connectivity index (χ3v) is 3.39. The largest absolute Gasteiger partial charge is 0.465 e. The molecule has 1 aromatic carbocycles. The van der Waals surface area contributed by atoms with E-state index < -0.39 is 17.7 Å². The highest BCUT2D eigenvalue weighted by Crippen LogP contribution is 2.22. The van der Waals surface area contributed by atoms with Crippen LogP contribution in [0.15, 0.2) is 18.2 Å². The van der Waals surface area contributed by atoms with E-state index in [1.165, 1.54) is 13.2 Å². The second-order valence-electron chi connectivity index (χ2n) is 6.62. The number of nitrogens with one attached hydrogen (secondary N) is 2. The number of carbonyl (C=O) groups is 3. The van der Waals surface area contributed by atoms with E-state index in [-0.39, 0.29) is 17.9 Å². The number of ether oxygens (including phenoxy) is 2. The number of alkyl carbamates (subject to hydrolysis) is 1. The predicted octanol–water partition coefficient (Wildman–Crippen LogP) is 3.76.